The molecule has 4 aromatic carbocycles. The van der Waals surface area contributed by atoms with Crippen molar-refractivity contribution < 1.29 is 9.07 Å². The highest BCUT2D eigenvalue weighted by Crippen LogP contribution is 2.38. The number of aromatic nitrogens is 3. The predicted octanol–water partition coefficient (Wildman–Crippen LogP) is -2.45. The Hall–Kier alpha value is -3.64. The van der Waals surface area contributed by atoms with E-state index in [4.69, 9.17) is 102 Å². The monoisotopic (exact) mass is 681 g/mol. The molecule has 0 aliphatic heterocycles. The van der Waals surface area contributed by atoms with Gasteiger partial charge < -0.3 is 9.07 Å². The lowest BCUT2D eigenvalue weighted by atomic mass is 9.50. The van der Waals surface area contributed by atoms with Crippen LogP contribution in [0.4, 0.5) is 0 Å². The summed E-state index contributed by atoms with van der Waals surface area (Å²) in [5.74, 6) is 0.423. The van der Waals surface area contributed by atoms with Gasteiger partial charge in [0.1, 0.15) is 89.6 Å². The zero-order valence-electron chi connectivity index (χ0n) is 31.8. The van der Waals surface area contributed by atoms with Gasteiger partial charge in [-0.2, -0.15) is 0 Å². The van der Waals surface area contributed by atoms with Crippen molar-refractivity contribution in [2.45, 2.75) is 66.3 Å². The van der Waals surface area contributed by atoms with Gasteiger partial charge >= 0.3 is 6.92 Å². The van der Waals surface area contributed by atoms with Gasteiger partial charge in [-0.15, -0.1) is 32.8 Å². The van der Waals surface area contributed by atoms with Crippen molar-refractivity contribution in [3.8, 4) is 34.2 Å². The van der Waals surface area contributed by atoms with E-state index in [1.165, 1.54) is 0 Å². The van der Waals surface area contributed by atoms with E-state index in [-0.39, 0.29) is 101 Å². The number of nitrogens with zero attached hydrogens (tertiary/aromatic N) is 3. The summed E-state index contributed by atoms with van der Waals surface area (Å²) in [6, 6.07) is 11.7. The van der Waals surface area contributed by atoms with Crippen LogP contribution < -0.4 is 60.1 Å². The molecule has 6 rings (SSSR count). The fourth-order valence-electron chi connectivity index (χ4n) is 6.33. The minimum atomic E-state index is -0.436. The van der Waals surface area contributed by atoms with Gasteiger partial charge in [-0.1, -0.05) is 87.2 Å². The fourth-order valence-corrected chi connectivity index (χ4v) is 6.33. The Balaban J connectivity index is 1.67. The van der Waals surface area contributed by atoms with Crippen LogP contribution in [0, 0.1) is 5.41 Å². The molecule has 6 aromatic rings. The first-order valence-corrected chi connectivity index (χ1v) is 17.6. The molecule has 0 saturated carbocycles. The molecule has 2 aromatic heterocycles. The predicted molar refractivity (Wildman–Crippen MR) is 237 cm³/mol. The molecule has 0 aliphatic carbocycles. The smallest absolute Gasteiger partial charge is 0.330 e. The molecule has 0 aliphatic rings. The quantitative estimate of drug-likeness (QED) is 0.168. The SMILES string of the molecule is [B]c1c([B])c([B])c(-c2nc(-c3c([B])c([B])c([B])c([B])c3[B])nc(-c3cccc4oc5ccc(B(OC(C)(C)C(C)(C)C)C(C)CC)cc5c34)n2)c([B])c1[B]. The van der Waals surface area contributed by atoms with Gasteiger partial charge in [0.15, 0.2) is 17.5 Å². The van der Waals surface area contributed by atoms with Crippen LogP contribution in [0.1, 0.15) is 54.9 Å². The molecule has 5 nitrogen and oxygen atoms in total. The summed E-state index contributed by atoms with van der Waals surface area (Å²) in [4.78, 5) is 14.5. The molecule has 16 heteroatoms. The molecule has 0 fully saturated rings. The van der Waals surface area contributed by atoms with E-state index in [2.05, 4.69) is 60.6 Å². The molecule has 2 heterocycles. The molecular formula is C38H30B11N3O2. The second-order valence-electron chi connectivity index (χ2n) is 15.4. The van der Waals surface area contributed by atoms with Crippen LogP contribution >= 0.6 is 0 Å². The van der Waals surface area contributed by atoms with Crippen LogP contribution in [0.5, 0.6) is 0 Å². The lowest BCUT2D eigenvalue weighted by molar-refractivity contribution is -0.00203. The minimum Gasteiger partial charge on any atom is -0.456 e. The van der Waals surface area contributed by atoms with E-state index in [9.17, 15) is 0 Å². The number of hydrogen-bond acceptors (Lipinski definition) is 5. The summed E-state index contributed by atoms with van der Waals surface area (Å²) in [5, 5.41) is 1.57. The van der Waals surface area contributed by atoms with E-state index in [0.717, 1.165) is 22.7 Å². The third-order valence-corrected chi connectivity index (χ3v) is 11.0. The molecule has 0 bridgehead atoms. The highest BCUT2D eigenvalue weighted by Gasteiger charge is 2.39. The molecule has 0 amide bonds. The van der Waals surface area contributed by atoms with Gasteiger partial charge in [-0.3, -0.25) is 0 Å². The zero-order chi connectivity index (χ0) is 39.8. The van der Waals surface area contributed by atoms with Crippen molar-refractivity contribution in [2.75, 3.05) is 0 Å². The van der Waals surface area contributed by atoms with Crippen molar-refractivity contribution in [3.63, 3.8) is 0 Å². The summed E-state index contributed by atoms with van der Waals surface area (Å²) < 4.78 is 13.4. The van der Waals surface area contributed by atoms with Gasteiger partial charge in [0.2, 0.25) is 0 Å². The Labute approximate surface area is 332 Å². The van der Waals surface area contributed by atoms with Crippen LogP contribution in [0.2, 0.25) is 5.82 Å². The number of rotatable bonds is 8. The summed E-state index contributed by atoms with van der Waals surface area (Å²) in [6.45, 7) is 15.0. The van der Waals surface area contributed by atoms with Crippen LogP contribution in [-0.2, 0) is 4.65 Å². The lowest BCUT2D eigenvalue weighted by Crippen LogP contribution is -2.55. The van der Waals surface area contributed by atoms with E-state index in [1.807, 2.05) is 24.3 Å². The molecular weight excluding hydrogens is 649 g/mol. The highest BCUT2D eigenvalue weighted by atomic mass is 16.5. The number of hydrogen-bond donors (Lipinski definition) is 0. The molecule has 1 atom stereocenters. The van der Waals surface area contributed by atoms with Crippen LogP contribution in [-0.4, -0.2) is 106 Å². The maximum Gasteiger partial charge on any atom is 0.330 e. The highest BCUT2D eigenvalue weighted by molar-refractivity contribution is 6.70. The first-order chi connectivity index (χ1) is 25.2. The Morgan fingerprint density at radius 1 is 0.630 bits per heavy atom. The maximum atomic E-state index is 6.95. The number of fused-ring (bicyclic) bond motifs is 3. The van der Waals surface area contributed by atoms with Crippen LogP contribution in [0.15, 0.2) is 40.8 Å². The van der Waals surface area contributed by atoms with Crippen LogP contribution in [0.3, 0.4) is 0 Å². The summed E-state index contributed by atoms with van der Waals surface area (Å²) in [7, 11) is 63.4. The summed E-state index contributed by atoms with van der Waals surface area (Å²) in [6.07, 6.45) is 0.912. The number of furan rings is 1. The second-order valence-corrected chi connectivity index (χ2v) is 15.4. The lowest BCUT2D eigenvalue weighted by Gasteiger charge is -2.42. The first kappa shape index (κ1) is 40.0. The molecule has 0 N–H and O–H groups in total. The van der Waals surface area contributed by atoms with Crippen molar-refractivity contribution in [1.82, 2.24) is 15.0 Å². The molecule has 0 spiro atoms. The van der Waals surface area contributed by atoms with Crippen LogP contribution in [0.25, 0.3) is 56.1 Å². The van der Waals surface area contributed by atoms with Gasteiger partial charge in [-0.05, 0) is 42.7 Å². The van der Waals surface area contributed by atoms with E-state index < -0.39 is 5.60 Å². The normalized spacial score (nSPS) is 12.8. The topological polar surface area (TPSA) is 61.0 Å². The molecule has 242 valence electrons. The Morgan fingerprint density at radius 3 is 1.56 bits per heavy atom. The first-order valence-electron chi connectivity index (χ1n) is 17.6. The van der Waals surface area contributed by atoms with Gasteiger partial charge in [0, 0.05) is 27.5 Å². The second kappa shape index (κ2) is 14.5. The van der Waals surface area contributed by atoms with E-state index >= 15 is 0 Å². The standard InChI is InChI=1S/C38H30B11N3O2/c1-8-15(2)49(54-38(6,7)37(3,4)5)16-12-13-19-18(14-16)21-17(10-9-11-20(21)53-19)34-50-35(22-24(39)28(43)32(47)29(44)25(22)40)52-36(51-34)23-26(41)30(45)33(48)31(46)27(23)42/h9-15H,8H2,1-7H3. The molecule has 0 saturated heterocycles. The Kier molecular flexibility index (Phi) is 10.7. The Morgan fingerprint density at radius 2 is 1.09 bits per heavy atom. The third kappa shape index (κ3) is 6.69. The van der Waals surface area contributed by atoms with Gasteiger partial charge in [-0.25, -0.2) is 15.0 Å². The van der Waals surface area contributed by atoms with Crippen molar-refractivity contribution >= 4 is 167 Å². The minimum absolute atomic E-state index is 0.0105. The van der Waals surface area contributed by atoms with Gasteiger partial charge in [0.05, 0.1) is 5.60 Å². The Bertz CT molecular complexity index is 2330. The average molecular weight is 680 g/mol. The van der Waals surface area contributed by atoms with E-state index in [0.29, 0.717) is 16.7 Å². The molecule has 54 heavy (non-hydrogen) atoms. The zero-order valence-corrected chi connectivity index (χ0v) is 31.8. The van der Waals surface area contributed by atoms with Crippen molar-refractivity contribution in [1.29, 1.82) is 0 Å². The molecule has 1 unspecified atom stereocenters. The summed E-state index contributed by atoms with van der Waals surface area (Å²) >= 11 is 0. The molecule has 20 radical (unpaired) electrons. The number of benzene rings is 4. The summed E-state index contributed by atoms with van der Waals surface area (Å²) in [5.41, 5.74) is 2.78. The average Bonchev–Trinajstić information content (AvgIpc) is 3.51. The third-order valence-electron chi connectivity index (χ3n) is 11.0. The van der Waals surface area contributed by atoms with E-state index in [1.54, 1.807) is 0 Å². The van der Waals surface area contributed by atoms with Crippen molar-refractivity contribution in [2.24, 2.45) is 5.41 Å². The maximum absolute atomic E-state index is 6.95. The van der Waals surface area contributed by atoms with Gasteiger partial charge in [0.25, 0.3) is 0 Å². The van der Waals surface area contributed by atoms with Crippen molar-refractivity contribution in [3.05, 3.63) is 36.4 Å². The largest absolute Gasteiger partial charge is 0.456 e. The fraction of sp³-hybridized carbons (Fsp3) is 0.289.